The average molecular weight is 968 g/mol. The topological polar surface area (TPSA) is 204 Å². The van der Waals surface area contributed by atoms with Gasteiger partial charge >= 0.3 is 160 Å². The predicted molar refractivity (Wildman–Crippen MR) is 212 cm³/mol. The molecular weight excluding hydrogens is 922 g/mol. The molecule has 1 aliphatic carbocycles. The number of carbonyl (C=O) groups is 3. The molecule has 62 heavy (non-hydrogen) atoms. The number of allylic oxidation sites excluding steroid dienone is 8. The maximum Gasteiger partial charge on any atom is 1.00 e. The number of piperazine rings is 1. The Morgan fingerprint density at radius 3 is 1.77 bits per heavy atom. The molecule has 0 radical (unpaired) electrons. The van der Waals surface area contributed by atoms with Crippen molar-refractivity contribution in [1.29, 1.82) is 0 Å². The largest absolute Gasteiger partial charge is 1.00 e. The maximum atomic E-state index is 12.6. The number of amides is 1. The number of anilines is 2. The van der Waals surface area contributed by atoms with Crippen molar-refractivity contribution in [1.82, 2.24) is 4.90 Å². The van der Waals surface area contributed by atoms with Gasteiger partial charge in [-0.25, -0.2) is 22.7 Å². The average Bonchev–Trinajstić information content (AvgIpc) is 3.74. The van der Waals surface area contributed by atoms with Crippen molar-refractivity contribution in [3.05, 3.63) is 94.4 Å². The summed E-state index contributed by atoms with van der Waals surface area (Å²) in [5.74, 6) is -2.59. The molecule has 16 nitrogen and oxygen atoms in total. The molecule has 0 spiro atoms. The van der Waals surface area contributed by atoms with Gasteiger partial charge in [0.05, 0.1) is 68.8 Å². The quantitative estimate of drug-likeness (QED) is 0.0370. The molecule has 0 unspecified atom stereocenters. The molecule has 0 atom stereocenters. The number of hydrogen-bond acceptors (Lipinski definition) is 15. The minimum absolute atomic E-state index is 0. The smallest absolute Gasteiger partial charge is 0.744 e. The zero-order chi connectivity index (χ0) is 42.9. The molecule has 2 aromatic rings. The van der Waals surface area contributed by atoms with Crippen LogP contribution in [-0.4, -0.2) is 99.2 Å². The van der Waals surface area contributed by atoms with Crippen molar-refractivity contribution in [3.8, 4) is 0 Å². The van der Waals surface area contributed by atoms with E-state index < -0.39 is 44.3 Å². The van der Waals surface area contributed by atoms with E-state index in [-0.39, 0.29) is 173 Å². The van der Waals surface area contributed by atoms with Gasteiger partial charge in [-0.15, -0.1) is 4.33 Å². The first-order chi connectivity index (χ1) is 27.9. The summed E-state index contributed by atoms with van der Waals surface area (Å²) in [6.45, 7) is 10.6. The third-order valence-corrected chi connectivity index (χ3v) is 12.5. The second-order valence-corrected chi connectivity index (χ2v) is 17.5. The van der Waals surface area contributed by atoms with Crippen LogP contribution in [-0.2, 0) is 49.5 Å². The minimum atomic E-state index is -4.78. The molecule has 3 aliphatic heterocycles. The van der Waals surface area contributed by atoms with Crippen molar-refractivity contribution >= 4 is 57.3 Å². The Morgan fingerprint density at radius 1 is 0.806 bits per heavy atom. The molecule has 2 fully saturated rings. The molecule has 21 heteroatoms. The van der Waals surface area contributed by atoms with Crippen LogP contribution in [0.25, 0.3) is 0 Å². The fraction of sp³-hybridized carbons (Fsp3) is 0.415. The molecule has 316 valence electrons. The Morgan fingerprint density at radius 2 is 1.31 bits per heavy atom. The van der Waals surface area contributed by atoms with E-state index in [0.29, 0.717) is 66.6 Å². The Kier molecular flexibility index (Phi) is 21.6. The van der Waals surface area contributed by atoms with E-state index in [0.717, 1.165) is 40.2 Å². The number of carboxylic acid groups (broad SMARTS) is 2. The van der Waals surface area contributed by atoms with Crippen LogP contribution in [0.5, 0.6) is 0 Å². The summed E-state index contributed by atoms with van der Waals surface area (Å²) >= 11 is 0.947. The normalized spacial score (nSPS) is 20.2. The molecule has 6 rings (SSSR count). The second-order valence-electron chi connectivity index (χ2n) is 15.4. The van der Waals surface area contributed by atoms with E-state index in [1.807, 2.05) is 64.1 Å². The van der Waals surface area contributed by atoms with Crippen LogP contribution < -0.4 is 174 Å². The second kappa shape index (κ2) is 23.8. The van der Waals surface area contributed by atoms with E-state index >= 15 is 0 Å². The summed E-state index contributed by atoms with van der Waals surface area (Å²) in [6, 6.07) is 9.44. The first-order valence-electron chi connectivity index (χ1n) is 19.0. The molecule has 3 heterocycles. The van der Waals surface area contributed by atoms with Crippen LogP contribution >= 0.6 is 12.0 Å². The number of hydrogen-bond donors (Lipinski definition) is 0. The standard InChI is InChI=1S/C41H48N4O12S2.3K/c1-7-55-39(50)43-20-18-42(19-21-43)38-26(10-16-34-40(2,3)30-22-28(58-57-56-54-6)12-14-32(30)44(34)24-36(46)47)8-9-27(38)11-17-35-41(4,5)31-23-29(59(51,52)53)13-15-33(31)45(35)25-37(48)49;;;/h10-17,22-23H,7-9,18-21,24-25H2,1-6H3,(H2-,46,47,48,49,51,52,53);;;/q;3*+1/p-2. The summed E-state index contributed by atoms with van der Waals surface area (Å²) < 4.78 is 48.3. The van der Waals surface area contributed by atoms with Gasteiger partial charge < -0.3 is 38.9 Å². The summed E-state index contributed by atoms with van der Waals surface area (Å²) in [5.41, 5.74) is 5.11. The minimum Gasteiger partial charge on any atom is -0.744 e. The van der Waals surface area contributed by atoms with Crippen molar-refractivity contribution in [2.75, 3.05) is 62.8 Å². The Balaban J connectivity index is 0.00000341. The van der Waals surface area contributed by atoms with Gasteiger partial charge in [0.15, 0.2) is 13.1 Å². The SMILES string of the molecule is CCOC(=O)N1CC[N+](=C2/C(=C/C=C3/N(CC(=O)[O-])c4ccc(SOOOC)cc4C3(C)C)CC/C2=C\C=C2\N(CC(=O)[O-])c3ccc(S(=O)(=O)[O-])cc3C2(C)C)CC1.[K+].[K+].[K+]. The van der Waals surface area contributed by atoms with Gasteiger partial charge in [0, 0.05) is 49.6 Å². The van der Waals surface area contributed by atoms with Crippen LogP contribution in [0.4, 0.5) is 16.2 Å². The van der Waals surface area contributed by atoms with Crippen molar-refractivity contribution in [2.45, 2.75) is 68.1 Å². The van der Waals surface area contributed by atoms with Crippen LogP contribution in [0.1, 0.15) is 58.6 Å². The maximum absolute atomic E-state index is 12.6. The molecule has 0 N–H and O–H groups in total. The number of nitrogens with zero attached hydrogens (tertiary/aromatic N) is 4. The molecule has 0 aromatic heterocycles. The van der Waals surface area contributed by atoms with Gasteiger partial charge in [0.1, 0.15) is 10.1 Å². The molecule has 1 amide bonds. The third-order valence-electron chi connectivity index (χ3n) is 11.1. The Bertz CT molecular complexity index is 2320. The van der Waals surface area contributed by atoms with Gasteiger partial charge in [-0.3, -0.25) is 4.90 Å². The molecule has 4 aliphatic rings. The van der Waals surface area contributed by atoms with Crippen LogP contribution in [0.15, 0.2) is 93.0 Å². The fourth-order valence-corrected chi connectivity index (χ4v) is 9.27. The van der Waals surface area contributed by atoms with E-state index in [1.54, 1.807) is 27.7 Å². The van der Waals surface area contributed by atoms with E-state index in [1.165, 1.54) is 25.3 Å². The molecule has 1 saturated carbocycles. The zero-order valence-corrected chi connectivity index (χ0v) is 47.6. The third kappa shape index (κ3) is 12.5. The summed E-state index contributed by atoms with van der Waals surface area (Å²) in [6.07, 6.45) is 8.54. The fourth-order valence-electron chi connectivity index (χ4n) is 8.33. The predicted octanol–water partition coefficient (Wildman–Crippen LogP) is -6.15. The van der Waals surface area contributed by atoms with Gasteiger partial charge in [-0.1, -0.05) is 44.9 Å². The van der Waals surface area contributed by atoms with E-state index in [4.69, 9.17) is 9.07 Å². The summed E-state index contributed by atoms with van der Waals surface area (Å²) in [4.78, 5) is 46.5. The first-order valence-corrected chi connectivity index (χ1v) is 21.1. The first kappa shape index (κ1) is 56.3. The van der Waals surface area contributed by atoms with E-state index in [9.17, 15) is 37.6 Å². The number of aliphatic carboxylic acids is 2. The molecule has 2 aromatic carbocycles. The number of benzene rings is 2. The van der Waals surface area contributed by atoms with Crippen LogP contribution in [0.3, 0.4) is 0 Å². The summed E-state index contributed by atoms with van der Waals surface area (Å²) in [7, 11) is -3.46. The van der Waals surface area contributed by atoms with Gasteiger partial charge in [-0.2, -0.15) is 0 Å². The monoisotopic (exact) mass is 967 g/mol. The molecule has 0 bridgehead atoms. The summed E-state index contributed by atoms with van der Waals surface area (Å²) in [5, 5.41) is 28.7. The number of fused-ring (bicyclic) bond motifs is 2. The van der Waals surface area contributed by atoms with Gasteiger partial charge in [-0.05, 0) is 79.4 Å². The van der Waals surface area contributed by atoms with Crippen LogP contribution in [0.2, 0.25) is 0 Å². The van der Waals surface area contributed by atoms with Crippen molar-refractivity contribution in [2.24, 2.45) is 0 Å². The van der Waals surface area contributed by atoms with E-state index in [2.05, 4.69) is 14.5 Å². The van der Waals surface area contributed by atoms with Crippen LogP contribution in [0, 0.1) is 0 Å². The number of carbonyl (C=O) groups excluding carboxylic acids is 3. The zero-order valence-electron chi connectivity index (χ0n) is 36.6. The van der Waals surface area contributed by atoms with Crippen molar-refractivity contribution < 1.29 is 215 Å². The molecule has 1 saturated heterocycles. The Labute approximate surface area is 494 Å². The number of ether oxygens (including phenoxy) is 1. The molecular formula is C41H46K3N4O12S2+. The number of carboxylic acids is 2. The van der Waals surface area contributed by atoms with Gasteiger partial charge in [0.25, 0.3) is 0 Å². The Hall–Kier alpha value is -0.0709. The van der Waals surface area contributed by atoms with Gasteiger partial charge in [0.2, 0.25) is 5.71 Å². The number of rotatable bonds is 12. The van der Waals surface area contributed by atoms with Crippen molar-refractivity contribution in [3.63, 3.8) is 0 Å².